The van der Waals surface area contributed by atoms with Gasteiger partial charge in [0.1, 0.15) is 0 Å². The van der Waals surface area contributed by atoms with Crippen LogP contribution in [0.5, 0.6) is 0 Å². The highest BCUT2D eigenvalue weighted by Crippen LogP contribution is 2.46. The Labute approximate surface area is 164 Å². The molecule has 0 atom stereocenters. The van der Waals surface area contributed by atoms with Gasteiger partial charge in [0.2, 0.25) is 5.91 Å². The average Bonchev–Trinajstić information content (AvgIpc) is 2.54. The van der Waals surface area contributed by atoms with Crippen molar-refractivity contribution in [1.82, 2.24) is 10.2 Å². The maximum Gasteiger partial charge on any atom is 0.225 e. The predicted molar refractivity (Wildman–Crippen MR) is 113 cm³/mol. The van der Waals surface area contributed by atoms with Crippen LogP contribution in [0, 0.1) is 16.7 Å². The van der Waals surface area contributed by atoms with Crippen LogP contribution in [-0.4, -0.2) is 34.8 Å². The molecule has 0 bridgehead atoms. The number of rotatable bonds is 4. The van der Waals surface area contributed by atoms with Gasteiger partial charge in [0, 0.05) is 25.0 Å². The van der Waals surface area contributed by atoms with E-state index in [4.69, 9.17) is 0 Å². The van der Waals surface area contributed by atoms with Crippen molar-refractivity contribution >= 4 is 28.4 Å². The number of carbonyl (C=O) groups is 1. The van der Waals surface area contributed by atoms with Crippen molar-refractivity contribution in [2.24, 2.45) is 16.7 Å². The lowest BCUT2D eigenvalue weighted by Crippen LogP contribution is -2.50. The standard InChI is InChI=1S/C20H38N2OS2/c1-18(2,3)20(6)11-13-22(14-12-20)17(23)15-7-9-16(10-8-15)21-19(4,5)25-24/h15-16,21,24H,7-14H2,1-6H3/t15-,16-. The van der Waals surface area contributed by atoms with E-state index in [2.05, 4.69) is 63.4 Å². The molecule has 0 aromatic heterocycles. The average molecular weight is 387 g/mol. The molecule has 2 aliphatic rings. The van der Waals surface area contributed by atoms with Gasteiger partial charge < -0.3 is 4.90 Å². The molecule has 0 aromatic rings. The van der Waals surface area contributed by atoms with Crippen molar-refractivity contribution in [3.05, 3.63) is 0 Å². The molecule has 2 fully saturated rings. The molecule has 1 amide bonds. The number of piperidine rings is 1. The van der Waals surface area contributed by atoms with Crippen molar-refractivity contribution in [3.8, 4) is 0 Å². The number of thiol groups is 1. The number of carbonyl (C=O) groups excluding carboxylic acids is 1. The predicted octanol–water partition coefficient (Wildman–Crippen LogP) is 5.12. The lowest BCUT2D eigenvalue weighted by molar-refractivity contribution is -0.140. The summed E-state index contributed by atoms with van der Waals surface area (Å²) in [5.41, 5.74) is 0.658. The molecule has 146 valence electrons. The Balaban J connectivity index is 1.82. The second kappa shape index (κ2) is 8.02. The van der Waals surface area contributed by atoms with E-state index in [9.17, 15) is 4.79 Å². The number of nitrogens with one attached hydrogen (secondary N) is 1. The van der Waals surface area contributed by atoms with Crippen LogP contribution in [-0.2, 0) is 4.79 Å². The van der Waals surface area contributed by atoms with E-state index in [1.807, 2.05) is 0 Å². The largest absolute Gasteiger partial charge is 0.342 e. The lowest BCUT2D eigenvalue weighted by Gasteiger charge is -2.48. The van der Waals surface area contributed by atoms with E-state index >= 15 is 0 Å². The Morgan fingerprint density at radius 2 is 1.60 bits per heavy atom. The maximum absolute atomic E-state index is 13.0. The van der Waals surface area contributed by atoms with Crippen molar-refractivity contribution in [2.75, 3.05) is 13.1 Å². The van der Waals surface area contributed by atoms with E-state index in [1.165, 1.54) is 0 Å². The molecule has 1 aliphatic heterocycles. The third kappa shape index (κ3) is 5.32. The molecule has 1 saturated carbocycles. The van der Waals surface area contributed by atoms with Crippen LogP contribution >= 0.6 is 22.5 Å². The van der Waals surface area contributed by atoms with Crippen LogP contribution in [0.2, 0.25) is 0 Å². The van der Waals surface area contributed by atoms with Gasteiger partial charge in [-0.15, -0.1) is 11.7 Å². The van der Waals surface area contributed by atoms with E-state index in [0.717, 1.165) is 51.6 Å². The van der Waals surface area contributed by atoms with Crippen LogP contribution in [0.4, 0.5) is 0 Å². The van der Waals surface area contributed by atoms with Crippen LogP contribution in [0.15, 0.2) is 0 Å². The number of nitrogens with zero attached hydrogens (tertiary/aromatic N) is 1. The van der Waals surface area contributed by atoms with Gasteiger partial charge in [0.25, 0.3) is 0 Å². The molecule has 0 aromatic carbocycles. The number of hydrogen-bond donors (Lipinski definition) is 2. The Hall–Kier alpha value is 0.130. The number of likely N-dealkylation sites (tertiary alicyclic amines) is 1. The Morgan fingerprint density at radius 3 is 2.04 bits per heavy atom. The molecule has 1 saturated heterocycles. The highest BCUT2D eigenvalue weighted by atomic mass is 33.1. The van der Waals surface area contributed by atoms with Gasteiger partial charge in [-0.05, 0) is 63.2 Å². The van der Waals surface area contributed by atoms with Crippen molar-refractivity contribution in [1.29, 1.82) is 0 Å². The molecule has 1 aliphatic carbocycles. The SMILES string of the molecule is CC(C)(N[C@H]1CC[C@H](C(=O)N2CCC(C)(C(C)(C)C)CC2)CC1)SS. The summed E-state index contributed by atoms with van der Waals surface area (Å²) in [6.07, 6.45) is 6.51. The molecule has 25 heavy (non-hydrogen) atoms. The van der Waals surface area contributed by atoms with Crippen molar-refractivity contribution in [3.63, 3.8) is 0 Å². The van der Waals surface area contributed by atoms with Gasteiger partial charge in [-0.3, -0.25) is 10.1 Å². The van der Waals surface area contributed by atoms with Crippen LogP contribution < -0.4 is 5.32 Å². The Kier molecular flexibility index (Phi) is 6.87. The summed E-state index contributed by atoms with van der Waals surface area (Å²) < 4.78 is 0. The highest BCUT2D eigenvalue weighted by molar-refractivity contribution is 8.69. The third-order valence-electron chi connectivity index (χ3n) is 6.85. The number of amides is 1. The quantitative estimate of drug-likeness (QED) is 0.399. The normalized spacial score (nSPS) is 28.0. The van der Waals surface area contributed by atoms with Gasteiger partial charge in [-0.2, -0.15) is 0 Å². The van der Waals surface area contributed by atoms with Crippen LogP contribution in [0.3, 0.4) is 0 Å². The summed E-state index contributed by atoms with van der Waals surface area (Å²) in [5.74, 6) is 0.654. The molecule has 0 spiro atoms. The maximum atomic E-state index is 13.0. The van der Waals surface area contributed by atoms with Gasteiger partial charge in [0.15, 0.2) is 0 Å². The van der Waals surface area contributed by atoms with Gasteiger partial charge in [-0.25, -0.2) is 0 Å². The minimum Gasteiger partial charge on any atom is -0.342 e. The first-order valence-corrected chi connectivity index (χ1v) is 11.7. The zero-order valence-electron chi connectivity index (χ0n) is 17.0. The monoisotopic (exact) mass is 386 g/mol. The molecular formula is C20H38N2OS2. The van der Waals surface area contributed by atoms with Gasteiger partial charge >= 0.3 is 0 Å². The fourth-order valence-corrected chi connectivity index (χ4v) is 4.61. The molecule has 0 radical (unpaired) electrons. The fourth-order valence-electron chi connectivity index (χ4n) is 4.23. The first kappa shape index (κ1) is 21.4. The smallest absolute Gasteiger partial charge is 0.225 e. The Bertz CT molecular complexity index is 457. The summed E-state index contributed by atoms with van der Waals surface area (Å²) in [6, 6.07) is 0.518. The summed E-state index contributed by atoms with van der Waals surface area (Å²) in [5, 5.41) is 3.67. The second-order valence-corrected chi connectivity index (χ2v) is 11.7. The first-order chi connectivity index (χ1) is 11.5. The van der Waals surface area contributed by atoms with Crippen LogP contribution in [0.1, 0.15) is 80.1 Å². The zero-order valence-corrected chi connectivity index (χ0v) is 18.7. The first-order valence-electron chi connectivity index (χ1n) is 9.86. The molecule has 0 unspecified atom stereocenters. The zero-order chi connectivity index (χ0) is 18.9. The van der Waals surface area contributed by atoms with E-state index in [0.29, 0.717) is 22.8 Å². The summed E-state index contributed by atoms with van der Waals surface area (Å²) >= 11 is 4.35. The molecule has 1 N–H and O–H groups in total. The third-order valence-corrected chi connectivity index (χ3v) is 8.79. The van der Waals surface area contributed by atoms with E-state index in [1.54, 1.807) is 10.8 Å². The van der Waals surface area contributed by atoms with E-state index in [-0.39, 0.29) is 10.8 Å². The minimum atomic E-state index is -0.00505. The molecule has 2 rings (SSSR count). The fraction of sp³-hybridized carbons (Fsp3) is 0.950. The van der Waals surface area contributed by atoms with Gasteiger partial charge in [-0.1, -0.05) is 38.5 Å². The summed E-state index contributed by atoms with van der Waals surface area (Å²) in [6.45, 7) is 15.6. The topological polar surface area (TPSA) is 32.3 Å². The molecule has 5 heteroatoms. The minimum absolute atomic E-state index is 0.00505. The Morgan fingerprint density at radius 1 is 1.08 bits per heavy atom. The van der Waals surface area contributed by atoms with Gasteiger partial charge in [0.05, 0.1) is 4.87 Å². The second-order valence-electron chi connectivity index (χ2n) is 9.93. The highest BCUT2D eigenvalue weighted by Gasteiger charge is 2.41. The van der Waals surface area contributed by atoms with E-state index < -0.39 is 0 Å². The summed E-state index contributed by atoms with van der Waals surface area (Å²) in [7, 11) is 1.56. The van der Waals surface area contributed by atoms with Crippen molar-refractivity contribution in [2.45, 2.75) is 91.0 Å². The summed E-state index contributed by atoms with van der Waals surface area (Å²) in [4.78, 5) is 15.1. The molecule has 1 heterocycles. The van der Waals surface area contributed by atoms with Crippen LogP contribution in [0.25, 0.3) is 0 Å². The lowest BCUT2D eigenvalue weighted by atomic mass is 9.63. The molecular weight excluding hydrogens is 348 g/mol. The number of hydrogen-bond acceptors (Lipinski definition) is 4. The van der Waals surface area contributed by atoms with Crippen molar-refractivity contribution < 1.29 is 4.79 Å². The molecule has 3 nitrogen and oxygen atoms in total.